The summed E-state index contributed by atoms with van der Waals surface area (Å²) in [5.41, 5.74) is 5.29. The van der Waals surface area contributed by atoms with Crippen molar-refractivity contribution in [1.82, 2.24) is 0 Å². The second-order valence-corrected chi connectivity index (χ2v) is 8.14. The van der Waals surface area contributed by atoms with E-state index in [0.717, 1.165) is 24.9 Å². The lowest BCUT2D eigenvalue weighted by Gasteiger charge is -2.24. The van der Waals surface area contributed by atoms with Gasteiger partial charge >= 0.3 is 0 Å². The van der Waals surface area contributed by atoms with Crippen LogP contribution in [0.1, 0.15) is 28.7 Å². The Labute approximate surface area is 198 Å². The number of benzene rings is 3. The van der Waals surface area contributed by atoms with Crippen LogP contribution in [0, 0.1) is 22.7 Å². The molecule has 0 aliphatic heterocycles. The first-order chi connectivity index (χ1) is 16.5. The third-order valence-electron chi connectivity index (χ3n) is 5.67. The summed E-state index contributed by atoms with van der Waals surface area (Å²) in [6, 6.07) is 23.5. The molecule has 0 heterocycles. The number of nitriles is 2. The molecule has 0 unspecified atom stereocenters. The molecule has 0 atom stereocenters. The minimum atomic E-state index is -0.296. The Balaban J connectivity index is 1.51. The first kappa shape index (κ1) is 22.6. The van der Waals surface area contributed by atoms with Crippen molar-refractivity contribution in [3.8, 4) is 12.1 Å². The molecule has 3 aromatic rings. The number of carbonyl (C=O) groups is 2. The number of fused-ring (bicyclic) bond motifs is 1. The Hall–Kier alpha value is -4.62. The van der Waals surface area contributed by atoms with Crippen LogP contribution < -0.4 is 15.5 Å². The fourth-order valence-corrected chi connectivity index (χ4v) is 4.07. The van der Waals surface area contributed by atoms with Crippen LogP contribution in [0.4, 0.5) is 17.1 Å². The van der Waals surface area contributed by atoms with Gasteiger partial charge in [-0.15, -0.1) is 0 Å². The van der Waals surface area contributed by atoms with Crippen LogP contribution in [0.3, 0.4) is 0 Å². The lowest BCUT2D eigenvalue weighted by Crippen LogP contribution is -2.39. The van der Waals surface area contributed by atoms with E-state index >= 15 is 0 Å². The summed E-state index contributed by atoms with van der Waals surface area (Å²) >= 11 is 0. The first-order valence-electron chi connectivity index (χ1n) is 11.0. The number of rotatable bonds is 7. The molecular formula is C27H23N5O2. The van der Waals surface area contributed by atoms with Crippen LogP contribution in [-0.2, 0) is 22.4 Å². The van der Waals surface area contributed by atoms with E-state index < -0.39 is 0 Å². The molecule has 0 spiro atoms. The Bertz CT molecular complexity index is 1250. The van der Waals surface area contributed by atoms with Crippen LogP contribution >= 0.6 is 0 Å². The molecule has 1 aliphatic carbocycles. The third kappa shape index (κ3) is 5.59. The molecule has 7 heteroatoms. The monoisotopic (exact) mass is 449 g/mol. The van der Waals surface area contributed by atoms with E-state index in [1.54, 1.807) is 53.4 Å². The van der Waals surface area contributed by atoms with E-state index in [1.807, 2.05) is 6.07 Å². The summed E-state index contributed by atoms with van der Waals surface area (Å²) in [7, 11) is 0. The zero-order valence-corrected chi connectivity index (χ0v) is 18.5. The smallest absolute Gasteiger partial charge is 0.243 e. The second-order valence-electron chi connectivity index (χ2n) is 8.14. The van der Waals surface area contributed by atoms with Crippen LogP contribution in [0.15, 0.2) is 66.7 Å². The number of nitrogens with zero attached hydrogens (tertiary/aromatic N) is 3. The lowest BCUT2D eigenvalue weighted by atomic mass is 10.1. The minimum Gasteiger partial charge on any atom is -0.353 e. The topological polar surface area (TPSA) is 109 Å². The standard InChI is InChI=1S/C27H23N5O2/c28-15-19-4-1-8-23(12-19)30-26(33)17-32(25-11-10-21-6-3-7-22(21)14-25)18-27(34)31-24-9-2-5-20(13-24)16-29/h1-2,4-5,8-14H,3,6-7,17-18H2,(H,30,33)(H,31,34). The number of hydrogen-bond acceptors (Lipinski definition) is 5. The zero-order valence-electron chi connectivity index (χ0n) is 18.5. The maximum Gasteiger partial charge on any atom is 0.243 e. The van der Waals surface area contributed by atoms with Gasteiger partial charge in [0.15, 0.2) is 0 Å². The summed E-state index contributed by atoms with van der Waals surface area (Å²) in [5, 5.41) is 23.8. The molecule has 0 bridgehead atoms. The van der Waals surface area contributed by atoms with Crippen molar-refractivity contribution in [3.05, 3.63) is 89.0 Å². The van der Waals surface area contributed by atoms with Crippen molar-refractivity contribution >= 4 is 28.9 Å². The van der Waals surface area contributed by atoms with Crippen LogP contribution in [0.25, 0.3) is 0 Å². The van der Waals surface area contributed by atoms with Gasteiger partial charge in [0, 0.05) is 17.1 Å². The van der Waals surface area contributed by atoms with Gasteiger partial charge in [0.25, 0.3) is 0 Å². The summed E-state index contributed by atoms with van der Waals surface area (Å²) < 4.78 is 0. The highest BCUT2D eigenvalue weighted by molar-refractivity contribution is 5.98. The van der Waals surface area contributed by atoms with Crippen molar-refractivity contribution in [2.75, 3.05) is 28.6 Å². The highest BCUT2D eigenvalue weighted by Gasteiger charge is 2.19. The zero-order chi connectivity index (χ0) is 23.9. The fourth-order valence-electron chi connectivity index (χ4n) is 4.07. The Kier molecular flexibility index (Phi) is 6.86. The van der Waals surface area contributed by atoms with Crippen molar-refractivity contribution in [3.63, 3.8) is 0 Å². The molecule has 2 amide bonds. The van der Waals surface area contributed by atoms with E-state index in [4.69, 9.17) is 10.5 Å². The molecule has 2 N–H and O–H groups in total. The van der Waals surface area contributed by atoms with Gasteiger partial charge in [0.2, 0.25) is 11.8 Å². The molecular weight excluding hydrogens is 426 g/mol. The van der Waals surface area contributed by atoms with Gasteiger partial charge < -0.3 is 15.5 Å². The Morgan fingerprint density at radius 3 is 1.88 bits per heavy atom. The Morgan fingerprint density at radius 2 is 1.32 bits per heavy atom. The summed E-state index contributed by atoms with van der Waals surface area (Å²) in [4.78, 5) is 27.4. The largest absolute Gasteiger partial charge is 0.353 e. The quantitative estimate of drug-likeness (QED) is 0.567. The predicted octanol–water partition coefficient (Wildman–Crippen LogP) is 4.00. The average molecular weight is 450 g/mol. The van der Waals surface area contributed by atoms with Crippen LogP contribution in [0.5, 0.6) is 0 Å². The number of anilines is 3. The van der Waals surface area contributed by atoms with Gasteiger partial charge in [-0.25, -0.2) is 0 Å². The first-order valence-corrected chi connectivity index (χ1v) is 11.0. The molecule has 0 saturated carbocycles. The van der Waals surface area contributed by atoms with Crippen molar-refractivity contribution < 1.29 is 9.59 Å². The molecule has 0 fully saturated rings. The average Bonchev–Trinajstić information content (AvgIpc) is 3.32. The number of nitrogens with one attached hydrogen (secondary N) is 2. The van der Waals surface area contributed by atoms with E-state index in [9.17, 15) is 9.59 Å². The predicted molar refractivity (Wildman–Crippen MR) is 130 cm³/mol. The normalized spacial score (nSPS) is 11.6. The summed E-state index contributed by atoms with van der Waals surface area (Å²) in [6.07, 6.45) is 3.13. The van der Waals surface area contributed by atoms with Gasteiger partial charge in [-0.05, 0) is 78.9 Å². The lowest BCUT2D eigenvalue weighted by molar-refractivity contribution is -0.115. The number of amides is 2. The molecule has 34 heavy (non-hydrogen) atoms. The second kappa shape index (κ2) is 10.3. The molecule has 1 aliphatic rings. The van der Waals surface area contributed by atoms with Gasteiger partial charge in [-0.1, -0.05) is 18.2 Å². The third-order valence-corrected chi connectivity index (χ3v) is 5.67. The van der Waals surface area contributed by atoms with E-state index in [2.05, 4.69) is 34.9 Å². The van der Waals surface area contributed by atoms with Crippen molar-refractivity contribution in [2.24, 2.45) is 0 Å². The molecule has 0 radical (unpaired) electrons. The maximum atomic E-state index is 12.8. The molecule has 7 nitrogen and oxygen atoms in total. The summed E-state index contributed by atoms with van der Waals surface area (Å²) in [6.45, 7) is -0.0809. The SMILES string of the molecule is N#Cc1cccc(NC(=O)CN(CC(=O)Nc2cccc(C#N)c2)c2ccc3c(c2)CCC3)c1. The molecule has 0 saturated heterocycles. The van der Waals surface area contributed by atoms with E-state index in [1.165, 1.54) is 11.1 Å². The van der Waals surface area contributed by atoms with Crippen molar-refractivity contribution in [1.29, 1.82) is 10.5 Å². The van der Waals surface area contributed by atoms with Gasteiger partial charge in [-0.3, -0.25) is 9.59 Å². The van der Waals surface area contributed by atoms with E-state index in [0.29, 0.717) is 22.5 Å². The maximum absolute atomic E-state index is 12.8. The molecule has 3 aromatic carbocycles. The van der Waals surface area contributed by atoms with E-state index in [-0.39, 0.29) is 24.9 Å². The highest BCUT2D eigenvalue weighted by atomic mass is 16.2. The van der Waals surface area contributed by atoms with Gasteiger partial charge in [0.1, 0.15) is 0 Å². The Morgan fingerprint density at radius 1 is 0.765 bits per heavy atom. The van der Waals surface area contributed by atoms with Gasteiger partial charge in [0.05, 0.1) is 36.4 Å². The molecule has 0 aromatic heterocycles. The van der Waals surface area contributed by atoms with Crippen molar-refractivity contribution in [2.45, 2.75) is 19.3 Å². The fraction of sp³-hybridized carbons (Fsp3) is 0.185. The number of aryl methyl sites for hydroxylation is 2. The summed E-state index contributed by atoms with van der Waals surface area (Å²) in [5.74, 6) is -0.593. The molecule has 4 rings (SSSR count). The van der Waals surface area contributed by atoms with Gasteiger partial charge in [-0.2, -0.15) is 10.5 Å². The number of carbonyl (C=O) groups excluding carboxylic acids is 2. The van der Waals surface area contributed by atoms with Crippen LogP contribution in [-0.4, -0.2) is 24.9 Å². The number of hydrogen-bond donors (Lipinski definition) is 2. The minimum absolute atomic E-state index is 0.0405. The highest BCUT2D eigenvalue weighted by Crippen LogP contribution is 2.27. The molecule has 168 valence electrons. The van der Waals surface area contributed by atoms with Crippen LogP contribution in [0.2, 0.25) is 0 Å².